The lowest BCUT2D eigenvalue weighted by Gasteiger charge is -2.23. The molecule has 1 aliphatic heterocycles. The summed E-state index contributed by atoms with van der Waals surface area (Å²) in [7, 11) is -3.37. The van der Waals surface area contributed by atoms with Crippen LogP contribution in [-0.4, -0.2) is 43.8 Å². The standard InChI is InChI=1S/C21H27N3O4S2/c1-15(2)23-30(27,28)14-17-9-7-16(8-10-17)13-22-20(25)18-5-3-11-24(18)21(26)19-6-4-12-29-19/h4,6-10,12,15,18,23H,3,5,11,13-14H2,1-2H3,(H,22,25)/t18-/m1/s1. The van der Waals surface area contributed by atoms with Gasteiger partial charge in [-0.25, -0.2) is 13.1 Å². The Labute approximate surface area is 181 Å². The molecule has 1 aliphatic rings. The summed E-state index contributed by atoms with van der Waals surface area (Å²) in [6.07, 6.45) is 1.46. The van der Waals surface area contributed by atoms with Gasteiger partial charge < -0.3 is 10.2 Å². The van der Waals surface area contributed by atoms with Gasteiger partial charge in [0.2, 0.25) is 15.9 Å². The van der Waals surface area contributed by atoms with E-state index in [1.807, 2.05) is 23.6 Å². The molecule has 2 N–H and O–H groups in total. The fourth-order valence-electron chi connectivity index (χ4n) is 3.50. The predicted molar refractivity (Wildman–Crippen MR) is 118 cm³/mol. The first-order valence-corrected chi connectivity index (χ1v) is 12.5. The number of carbonyl (C=O) groups is 2. The summed E-state index contributed by atoms with van der Waals surface area (Å²) in [5, 5.41) is 4.76. The molecule has 1 fully saturated rings. The summed E-state index contributed by atoms with van der Waals surface area (Å²) < 4.78 is 26.6. The molecule has 30 heavy (non-hydrogen) atoms. The number of nitrogens with one attached hydrogen (secondary N) is 2. The van der Waals surface area contributed by atoms with Crippen molar-refractivity contribution in [2.24, 2.45) is 0 Å². The quantitative estimate of drug-likeness (QED) is 0.647. The van der Waals surface area contributed by atoms with Gasteiger partial charge in [0.25, 0.3) is 5.91 Å². The zero-order chi connectivity index (χ0) is 21.7. The molecule has 3 rings (SSSR count). The molecule has 7 nitrogen and oxygen atoms in total. The van der Waals surface area contributed by atoms with E-state index in [1.54, 1.807) is 36.9 Å². The highest BCUT2D eigenvalue weighted by Gasteiger charge is 2.34. The zero-order valence-electron chi connectivity index (χ0n) is 17.1. The summed E-state index contributed by atoms with van der Waals surface area (Å²) in [5.41, 5.74) is 1.55. The van der Waals surface area contributed by atoms with E-state index in [9.17, 15) is 18.0 Å². The van der Waals surface area contributed by atoms with Gasteiger partial charge in [-0.3, -0.25) is 9.59 Å². The third kappa shape index (κ3) is 5.90. The zero-order valence-corrected chi connectivity index (χ0v) is 18.8. The first kappa shape index (κ1) is 22.5. The third-order valence-electron chi connectivity index (χ3n) is 4.81. The molecule has 2 aromatic rings. The Morgan fingerprint density at radius 2 is 1.87 bits per heavy atom. The summed E-state index contributed by atoms with van der Waals surface area (Å²) in [5.74, 6) is -0.340. The van der Waals surface area contributed by atoms with Crippen LogP contribution in [-0.2, 0) is 27.1 Å². The molecule has 2 amide bonds. The number of thiophene rings is 1. The molecule has 1 atom stereocenters. The van der Waals surface area contributed by atoms with Crippen molar-refractivity contribution >= 4 is 33.2 Å². The van der Waals surface area contributed by atoms with Crippen molar-refractivity contribution in [1.29, 1.82) is 0 Å². The predicted octanol–water partition coefficient (Wildman–Crippen LogP) is 2.50. The number of benzene rings is 1. The van der Waals surface area contributed by atoms with E-state index >= 15 is 0 Å². The van der Waals surface area contributed by atoms with Gasteiger partial charge in [-0.05, 0) is 49.3 Å². The Bertz CT molecular complexity index is 970. The number of sulfonamides is 1. The van der Waals surface area contributed by atoms with Crippen molar-refractivity contribution in [3.63, 3.8) is 0 Å². The Kier molecular flexibility index (Phi) is 7.27. The van der Waals surface area contributed by atoms with E-state index in [2.05, 4.69) is 10.0 Å². The van der Waals surface area contributed by atoms with Crippen molar-refractivity contribution in [2.45, 2.75) is 51.1 Å². The molecule has 0 spiro atoms. The Balaban J connectivity index is 1.55. The third-order valence-corrected chi connectivity index (χ3v) is 7.21. The van der Waals surface area contributed by atoms with Crippen LogP contribution < -0.4 is 10.0 Å². The van der Waals surface area contributed by atoms with Crippen LogP contribution in [0.5, 0.6) is 0 Å². The van der Waals surface area contributed by atoms with Gasteiger partial charge in [-0.2, -0.15) is 0 Å². The highest BCUT2D eigenvalue weighted by Crippen LogP contribution is 2.22. The molecule has 2 heterocycles. The molecule has 1 aromatic heterocycles. The first-order valence-electron chi connectivity index (χ1n) is 9.95. The smallest absolute Gasteiger partial charge is 0.264 e. The number of hydrogen-bond acceptors (Lipinski definition) is 5. The SMILES string of the molecule is CC(C)NS(=O)(=O)Cc1ccc(CNC(=O)[C@H]2CCCN2C(=O)c2cccs2)cc1. The molecule has 0 unspecified atom stereocenters. The monoisotopic (exact) mass is 449 g/mol. The second kappa shape index (κ2) is 9.72. The summed E-state index contributed by atoms with van der Waals surface area (Å²) in [4.78, 5) is 27.6. The van der Waals surface area contributed by atoms with Gasteiger partial charge in [0.1, 0.15) is 6.04 Å². The van der Waals surface area contributed by atoms with Gasteiger partial charge in [0.15, 0.2) is 0 Å². The van der Waals surface area contributed by atoms with E-state index in [0.717, 1.165) is 12.0 Å². The van der Waals surface area contributed by atoms with Crippen molar-refractivity contribution < 1.29 is 18.0 Å². The van der Waals surface area contributed by atoms with Crippen LogP contribution in [0.15, 0.2) is 41.8 Å². The van der Waals surface area contributed by atoms with E-state index in [1.165, 1.54) is 11.3 Å². The normalized spacial score (nSPS) is 16.8. The van der Waals surface area contributed by atoms with Crippen molar-refractivity contribution in [2.75, 3.05) is 6.54 Å². The molecule has 1 saturated heterocycles. The number of rotatable bonds is 8. The molecule has 9 heteroatoms. The second-order valence-corrected chi connectivity index (χ2v) is 10.4. The molecule has 1 aromatic carbocycles. The van der Waals surface area contributed by atoms with E-state index in [4.69, 9.17) is 0 Å². The van der Waals surface area contributed by atoms with Crippen LogP contribution in [0.25, 0.3) is 0 Å². The van der Waals surface area contributed by atoms with Gasteiger partial charge in [-0.1, -0.05) is 30.3 Å². The number of amides is 2. The lowest BCUT2D eigenvalue weighted by molar-refractivity contribution is -0.125. The highest BCUT2D eigenvalue weighted by molar-refractivity contribution is 7.88. The minimum atomic E-state index is -3.37. The van der Waals surface area contributed by atoms with E-state index < -0.39 is 16.1 Å². The molecule has 0 saturated carbocycles. The molecular weight excluding hydrogens is 422 g/mol. The number of likely N-dealkylation sites (tertiary alicyclic amines) is 1. The maximum Gasteiger partial charge on any atom is 0.264 e. The molecule has 0 bridgehead atoms. The first-order chi connectivity index (χ1) is 14.2. The van der Waals surface area contributed by atoms with E-state index in [0.29, 0.717) is 30.0 Å². The summed E-state index contributed by atoms with van der Waals surface area (Å²) >= 11 is 1.38. The second-order valence-electron chi connectivity index (χ2n) is 7.70. The maximum absolute atomic E-state index is 12.7. The number of carbonyl (C=O) groups excluding carboxylic acids is 2. The van der Waals surface area contributed by atoms with Gasteiger partial charge in [0, 0.05) is 19.1 Å². The van der Waals surface area contributed by atoms with Crippen molar-refractivity contribution in [3.05, 3.63) is 57.8 Å². The molecule has 0 radical (unpaired) electrons. The van der Waals surface area contributed by atoms with Crippen LogP contribution in [0.4, 0.5) is 0 Å². The highest BCUT2D eigenvalue weighted by atomic mass is 32.2. The minimum absolute atomic E-state index is 0.0836. The largest absolute Gasteiger partial charge is 0.350 e. The molecule has 0 aliphatic carbocycles. The number of nitrogens with zero attached hydrogens (tertiary/aromatic N) is 1. The van der Waals surface area contributed by atoms with Crippen LogP contribution in [0.3, 0.4) is 0 Å². The van der Waals surface area contributed by atoms with E-state index in [-0.39, 0.29) is 23.6 Å². The lowest BCUT2D eigenvalue weighted by Crippen LogP contribution is -2.45. The average Bonchev–Trinajstić information content (AvgIpc) is 3.37. The lowest BCUT2D eigenvalue weighted by atomic mass is 10.1. The topological polar surface area (TPSA) is 95.6 Å². The Hall–Kier alpha value is -2.23. The molecule has 162 valence electrons. The van der Waals surface area contributed by atoms with Crippen LogP contribution >= 0.6 is 11.3 Å². The maximum atomic E-state index is 12.7. The minimum Gasteiger partial charge on any atom is -0.350 e. The van der Waals surface area contributed by atoms with Gasteiger partial charge in [-0.15, -0.1) is 11.3 Å². The fraction of sp³-hybridized carbons (Fsp3) is 0.429. The van der Waals surface area contributed by atoms with Crippen LogP contribution in [0.1, 0.15) is 47.5 Å². The van der Waals surface area contributed by atoms with Crippen molar-refractivity contribution in [3.8, 4) is 0 Å². The van der Waals surface area contributed by atoms with Crippen LogP contribution in [0, 0.1) is 0 Å². The summed E-state index contributed by atoms with van der Waals surface area (Å²) in [6, 6.07) is 10.1. The molecular formula is C21H27N3O4S2. The Morgan fingerprint density at radius 3 is 2.50 bits per heavy atom. The van der Waals surface area contributed by atoms with Gasteiger partial charge in [0.05, 0.1) is 10.6 Å². The Morgan fingerprint density at radius 1 is 1.17 bits per heavy atom. The average molecular weight is 450 g/mol. The van der Waals surface area contributed by atoms with Crippen molar-refractivity contribution in [1.82, 2.24) is 14.9 Å². The fourth-order valence-corrected chi connectivity index (χ4v) is 5.62. The summed E-state index contributed by atoms with van der Waals surface area (Å²) in [6.45, 7) is 4.47. The van der Waals surface area contributed by atoms with Gasteiger partial charge >= 0.3 is 0 Å². The number of hydrogen-bond donors (Lipinski definition) is 2. The van der Waals surface area contributed by atoms with Crippen LogP contribution in [0.2, 0.25) is 0 Å².